The van der Waals surface area contributed by atoms with E-state index in [2.05, 4.69) is 25.9 Å². The number of hydrogen-bond donors (Lipinski definition) is 2. The molecule has 0 unspecified atom stereocenters. The summed E-state index contributed by atoms with van der Waals surface area (Å²) >= 11 is 11.0. The summed E-state index contributed by atoms with van der Waals surface area (Å²) in [6, 6.07) is 0. The summed E-state index contributed by atoms with van der Waals surface area (Å²) < 4.78 is -1.44. The quantitative estimate of drug-likeness (QED) is 0.708. The smallest absolute Gasteiger partial charge is 0.256 e. The summed E-state index contributed by atoms with van der Waals surface area (Å²) in [6.07, 6.45) is 0. The molecule has 0 fully saturated rings. The number of carbonyl (C=O) groups excluding carboxylic acids is 1. The lowest BCUT2D eigenvalue weighted by atomic mass is 10.4. The van der Waals surface area contributed by atoms with Crippen LogP contribution in [-0.2, 0) is 11.3 Å². The maximum Gasteiger partial charge on any atom is 0.256 e. The van der Waals surface area contributed by atoms with Crippen LogP contribution < -0.4 is 5.32 Å². The maximum atomic E-state index is 11.1. The summed E-state index contributed by atoms with van der Waals surface area (Å²) in [5.41, 5.74) is 0. The van der Waals surface area contributed by atoms with Gasteiger partial charge in [-0.1, -0.05) is 28.4 Å². The van der Waals surface area contributed by atoms with Crippen LogP contribution in [0.1, 0.15) is 12.7 Å². The van der Waals surface area contributed by atoms with Crippen LogP contribution in [-0.4, -0.2) is 30.9 Å². The minimum absolute atomic E-state index is 0.143. The van der Waals surface area contributed by atoms with Crippen molar-refractivity contribution in [1.29, 1.82) is 0 Å². The molecule has 1 aromatic heterocycles. The summed E-state index contributed by atoms with van der Waals surface area (Å²) in [5.74, 6) is -0.133. The van der Waals surface area contributed by atoms with Gasteiger partial charge >= 0.3 is 0 Å². The van der Waals surface area contributed by atoms with Gasteiger partial charge in [-0.05, 0) is 6.92 Å². The van der Waals surface area contributed by atoms with E-state index in [1.165, 1.54) is 6.92 Å². The zero-order valence-electron chi connectivity index (χ0n) is 6.71. The molecule has 1 rings (SSSR count). The second kappa shape index (κ2) is 3.89. The van der Waals surface area contributed by atoms with Gasteiger partial charge in [0.25, 0.3) is 5.91 Å². The van der Waals surface area contributed by atoms with Crippen molar-refractivity contribution >= 4 is 29.1 Å². The molecule has 0 aliphatic heterocycles. The number of tetrazole rings is 1. The molecule has 13 heavy (non-hydrogen) atoms. The zero-order valence-corrected chi connectivity index (χ0v) is 8.22. The third kappa shape index (κ3) is 3.16. The van der Waals surface area contributed by atoms with Crippen molar-refractivity contribution in [3.05, 3.63) is 5.82 Å². The fourth-order valence-electron chi connectivity index (χ4n) is 0.572. The van der Waals surface area contributed by atoms with Crippen molar-refractivity contribution in [1.82, 2.24) is 25.9 Å². The van der Waals surface area contributed by atoms with E-state index in [4.69, 9.17) is 23.2 Å². The second-order valence-electron chi connectivity index (χ2n) is 2.40. The van der Waals surface area contributed by atoms with E-state index >= 15 is 0 Å². The Bertz CT molecular complexity index is 280. The Balaban J connectivity index is 2.40. The Hall–Kier alpha value is -0.880. The molecule has 72 valence electrons. The lowest BCUT2D eigenvalue weighted by Crippen LogP contribution is -2.35. The number of nitrogens with zero attached hydrogens (tertiary/aromatic N) is 3. The molecular formula is C5H7Cl2N5O. The topological polar surface area (TPSA) is 83.6 Å². The third-order valence-corrected chi connectivity index (χ3v) is 1.54. The van der Waals surface area contributed by atoms with Gasteiger partial charge in [0.2, 0.25) is 0 Å². The Kier molecular flexibility index (Phi) is 3.05. The number of nitrogens with one attached hydrogen (secondary N) is 2. The molecule has 1 heterocycles. The predicted molar refractivity (Wildman–Crippen MR) is 46.1 cm³/mol. The summed E-state index contributed by atoms with van der Waals surface area (Å²) in [5, 5.41) is 15.2. The van der Waals surface area contributed by atoms with Crippen LogP contribution in [0, 0.1) is 0 Å². The first kappa shape index (κ1) is 10.2. The molecule has 0 saturated carbocycles. The number of aromatic amines is 1. The highest BCUT2D eigenvalue weighted by Gasteiger charge is 2.26. The first-order valence-electron chi connectivity index (χ1n) is 3.38. The van der Waals surface area contributed by atoms with Gasteiger partial charge in [-0.25, -0.2) is 0 Å². The molecule has 0 saturated heterocycles. The van der Waals surface area contributed by atoms with Crippen molar-refractivity contribution in [2.24, 2.45) is 0 Å². The van der Waals surface area contributed by atoms with Crippen LogP contribution in [0.15, 0.2) is 0 Å². The van der Waals surface area contributed by atoms with Gasteiger partial charge in [-0.2, -0.15) is 5.21 Å². The molecule has 0 aliphatic rings. The van der Waals surface area contributed by atoms with Gasteiger partial charge in [-0.3, -0.25) is 4.79 Å². The molecule has 0 aliphatic carbocycles. The lowest BCUT2D eigenvalue weighted by molar-refractivity contribution is -0.121. The number of alkyl halides is 2. The minimum atomic E-state index is -1.44. The van der Waals surface area contributed by atoms with E-state index in [9.17, 15) is 4.79 Å². The number of H-pyrrole nitrogens is 1. The van der Waals surface area contributed by atoms with Crippen LogP contribution in [0.4, 0.5) is 0 Å². The highest BCUT2D eigenvalue weighted by Crippen LogP contribution is 2.19. The number of hydrogen-bond acceptors (Lipinski definition) is 4. The fourth-order valence-corrected chi connectivity index (χ4v) is 0.706. The average Bonchev–Trinajstić information content (AvgIpc) is 2.50. The van der Waals surface area contributed by atoms with Crippen molar-refractivity contribution in [3.63, 3.8) is 0 Å². The molecule has 0 aromatic carbocycles. The molecule has 0 radical (unpaired) electrons. The monoisotopic (exact) mass is 223 g/mol. The molecule has 6 nitrogen and oxygen atoms in total. The van der Waals surface area contributed by atoms with Crippen LogP contribution in [0.5, 0.6) is 0 Å². The largest absolute Gasteiger partial charge is 0.346 e. The minimum Gasteiger partial charge on any atom is -0.346 e. The second-order valence-corrected chi connectivity index (χ2v) is 4.10. The van der Waals surface area contributed by atoms with Crippen LogP contribution in [0.2, 0.25) is 0 Å². The van der Waals surface area contributed by atoms with Gasteiger partial charge in [0.15, 0.2) is 10.2 Å². The third-order valence-electron chi connectivity index (χ3n) is 1.19. The van der Waals surface area contributed by atoms with Gasteiger partial charge < -0.3 is 5.32 Å². The van der Waals surface area contributed by atoms with Crippen molar-refractivity contribution in [2.75, 3.05) is 0 Å². The molecule has 1 amide bonds. The van der Waals surface area contributed by atoms with Crippen LogP contribution >= 0.6 is 23.2 Å². The Morgan fingerprint density at radius 3 is 2.85 bits per heavy atom. The van der Waals surface area contributed by atoms with E-state index in [1.54, 1.807) is 0 Å². The van der Waals surface area contributed by atoms with Gasteiger partial charge in [0.1, 0.15) is 0 Å². The summed E-state index contributed by atoms with van der Waals surface area (Å²) in [6.45, 7) is 1.52. The van der Waals surface area contributed by atoms with Crippen molar-refractivity contribution in [2.45, 2.75) is 17.8 Å². The Morgan fingerprint density at radius 2 is 2.38 bits per heavy atom. The molecule has 2 N–H and O–H groups in total. The Labute approximate surface area is 84.0 Å². The van der Waals surface area contributed by atoms with Crippen molar-refractivity contribution in [3.8, 4) is 0 Å². The lowest BCUT2D eigenvalue weighted by Gasteiger charge is -2.11. The zero-order chi connectivity index (χ0) is 9.90. The number of halogens is 2. The molecule has 0 atom stereocenters. The van der Waals surface area contributed by atoms with E-state index in [0.717, 1.165) is 0 Å². The fraction of sp³-hybridized carbons (Fsp3) is 0.600. The first-order chi connectivity index (χ1) is 6.00. The highest BCUT2D eigenvalue weighted by molar-refractivity contribution is 6.57. The van der Waals surface area contributed by atoms with E-state index in [-0.39, 0.29) is 6.54 Å². The van der Waals surface area contributed by atoms with E-state index in [0.29, 0.717) is 5.82 Å². The number of amides is 1. The molecule has 8 heteroatoms. The van der Waals surface area contributed by atoms with Gasteiger partial charge in [0, 0.05) is 0 Å². The summed E-state index contributed by atoms with van der Waals surface area (Å²) in [7, 11) is 0. The predicted octanol–water partition coefficient (Wildman–Crippen LogP) is 0.00970. The number of rotatable bonds is 3. The standard InChI is InChI=1S/C5H7Cl2N5O/c1-5(6,7)4(13)8-2-3-9-11-12-10-3/h2H2,1H3,(H,8,13)(H,9,10,11,12). The first-order valence-corrected chi connectivity index (χ1v) is 4.14. The normalized spacial score (nSPS) is 11.3. The highest BCUT2D eigenvalue weighted by atomic mass is 35.5. The molecule has 0 bridgehead atoms. The maximum absolute atomic E-state index is 11.1. The van der Waals surface area contributed by atoms with Crippen LogP contribution in [0.25, 0.3) is 0 Å². The Morgan fingerprint density at radius 1 is 1.69 bits per heavy atom. The van der Waals surface area contributed by atoms with E-state index < -0.39 is 10.2 Å². The SMILES string of the molecule is CC(Cl)(Cl)C(=O)NCc1nn[nH]n1. The molecule has 0 spiro atoms. The average molecular weight is 224 g/mol. The van der Waals surface area contributed by atoms with E-state index in [1.807, 2.05) is 0 Å². The van der Waals surface area contributed by atoms with Gasteiger partial charge in [-0.15, -0.1) is 10.2 Å². The molecular weight excluding hydrogens is 217 g/mol. The van der Waals surface area contributed by atoms with Crippen molar-refractivity contribution < 1.29 is 4.79 Å². The van der Waals surface area contributed by atoms with Crippen LogP contribution in [0.3, 0.4) is 0 Å². The number of carbonyl (C=O) groups is 1. The summed E-state index contributed by atoms with van der Waals surface area (Å²) in [4.78, 5) is 11.1. The van der Waals surface area contributed by atoms with Gasteiger partial charge in [0.05, 0.1) is 6.54 Å². The number of aromatic nitrogens is 4. The molecule has 1 aromatic rings.